The number of hydrogen-bond acceptors (Lipinski definition) is 3. The standard InChI is InChI=1S/C14H19Cl3NO2PS/c1-2-19-21(22,18-10-6-4-3-5-7-10)20-14-9-12(16)11(15)8-13(14)17/h8-10H,2-7H2,1H3,(H,18,22). The van der Waals surface area contributed by atoms with Crippen LogP contribution in [0, 0.1) is 0 Å². The number of hydrogen-bond donors (Lipinski definition) is 1. The van der Waals surface area contributed by atoms with Crippen molar-refractivity contribution in [2.45, 2.75) is 45.1 Å². The van der Waals surface area contributed by atoms with E-state index in [1.54, 1.807) is 12.1 Å². The Morgan fingerprint density at radius 3 is 2.41 bits per heavy atom. The van der Waals surface area contributed by atoms with Crippen LogP contribution in [0.1, 0.15) is 39.0 Å². The fourth-order valence-corrected chi connectivity index (χ4v) is 5.69. The van der Waals surface area contributed by atoms with Gasteiger partial charge in [-0.2, -0.15) is 0 Å². The minimum atomic E-state index is -2.67. The van der Waals surface area contributed by atoms with Gasteiger partial charge in [0.2, 0.25) is 0 Å². The predicted molar refractivity (Wildman–Crippen MR) is 98.0 cm³/mol. The van der Waals surface area contributed by atoms with Crippen LogP contribution in [0.4, 0.5) is 0 Å². The third-order valence-corrected chi connectivity index (χ3v) is 7.03. The quantitative estimate of drug-likeness (QED) is 0.453. The zero-order valence-corrected chi connectivity index (χ0v) is 16.3. The van der Waals surface area contributed by atoms with Crippen LogP contribution in [-0.2, 0) is 16.3 Å². The van der Waals surface area contributed by atoms with E-state index in [4.69, 9.17) is 55.7 Å². The van der Waals surface area contributed by atoms with E-state index in [2.05, 4.69) is 5.09 Å². The first kappa shape index (κ1) is 18.8. The molecule has 1 atom stereocenters. The van der Waals surface area contributed by atoms with Crippen molar-refractivity contribution in [3.05, 3.63) is 27.2 Å². The molecule has 1 N–H and O–H groups in total. The van der Waals surface area contributed by atoms with E-state index < -0.39 is 6.64 Å². The topological polar surface area (TPSA) is 30.5 Å². The first-order chi connectivity index (χ1) is 10.4. The zero-order chi connectivity index (χ0) is 16.2. The van der Waals surface area contributed by atoms with Crippen LogP contribution < -0.4 is 9.61 Å². The number of benzene rings is 1. The molecule has 0 heterocycles. The summed E-state index contributed by atoms with van der Waals surface area (Å²) in [5.74, 6) is 0.399. The number of nitrogens with one attached hydrogen (secondary N) is 1. The van der Waals surface area contributed by atoms with Crippen LogP contribution in [0.2, 0.25) is 15.1 Å². The van der Waals surface area contributed by atoms with E-state index in [1.165, 1.54) is 19.3 Å². The van der Waals surface area contributed by atoms with Gasteiger partial charge in [-0.15, -0.1) is 0 Å². The highest BCUT2D eigenvalue weighted by Gasteiger charge is 2.27. The first-order valence-electron chi connectivity index (χ1n) is 7.30. The lowest BCUT2D eigenvalue weighted by atomic mass is 9.96. The van der Waals surface area contributed by atoms with Gasteiger partial charge in [-0.05, 0) is 37.6 Å². The average molecular weight is 403 g/mol. The fourth-order valence-electron chi connectivity index (χ4n) is 2.42. The van der Waals surface area contributed by atoms with Crippen molar-refractivity contribution in [2.75, 3.05) is 6.61 Å². The van der Waals surface area contributed by atoms with Gasteiger partial charge in [0.25, 0.3) is 0 Å². The van der Waals surface area contributed by atoms with Crippen molar-refractivity contribution >= 4 is 53.3 Å². The molecule has 22 heavy (non-hydrogen) atoms. The summed E-state index contributed by atoms with van der Waals surface area (Å²) in [4.78, 5) is 0. The second kappa shape index (κ2) is 8.53. The van der Waals surface area contributed by atoms with Gasteiger partial charge >= 0.3 is 6.64 Å². The summed E-state index contributed by atoms with van der Waals surface area (Å²) in [7, 11) is 0. The minimum Gasteiger partial charge on any atom is -0.431 e. The molecule has 0 saturated heterocycles. The summed E-state index contributed by atoms with van der Waals surface area (Å²) >= 11 is 23.8. The Kier molecular flexibility index (Phi) is 7.28. The van der Waals surface area contributed by atoms with Crippen molar-refractivity contribution in [1.29, 1.82) is 0 Å². The number of rotatable bonds is 6. The van der Waals surface area contributed by atoms with Gasteiger partial charge in [0.05, 0.1) is 21.7 Å². The molecule has 1 saturated carbocycles. The Bertz CT molecular complexity index is 567. The lowest BCUT2D eigenvalue weighted by Gasteiger charge is -2.30. The molecule has 1 fully saturated rings. The van der Waals surface area contributed by atoms with Gasteiger partial charge in [-0.1, -0.05) is 54.1 Å². The Balaban J connectivity index is 2.16. The zero-order valence-electron chi connectivity index (χ0n) is 12.3. The molecule has 3 nitrogen and oxygen atoms in total. The van der Waals surface area contributed by atoms with Gasteiger partial charge in [0.1, 0.15) is 5.75 Å². The smallest absolute Gasteiger partial charge is 0.313 e. The SMILES string of the molecule is CCOP(=S)(NC1CCCCC1)Oc1cc(Cl)c(Cl)cc1Cl. The Hall–Kier alpha value is 0.460. The van der Waals surface area contributed by atoms with Crippen LogP contribution in [-0.4, -0.2) is 12.6 Å². The van der Waals surface area contributed by atoms with E-state index in [0.717, 1.165) is 12.8 Å². The van der Waals surface area contributed by atoms with Crippen molar-refractivity contribution in [1.82, 2.24) is 5.09 Å². The van der Waals surface area contributed by atoms with Crippen molar-refractivity contribution in [3.8, 4) is 5.75 Å². The molecular formula is C14H19Cl3NO2PS. The summed E-state index contributed by atoms with van der Waals surface area (Å²) < 4.78 is 11.6. The molecular weight excluding hydrogens is 384 g/mol. The van der Waals surface area contributed by atoms with Crippen molar-refractivity contribution < 1.29 is 9.05 Å². The lowest BCUT2D eigenvalue weighted by Crippen LogP contribution is -2.30. The van der Waals surface area contributed by atoms with E-state index in [9.17, 15) is 0 Å². The molecule has 0 aromatic heterocycles. The molecule has 0 spiro atoms. The van der Waals surface area contributed by atoms with E-state index in [1.807, 2.05) is 6.92 Å². The summed E-state index contributed by atoms with van der Waals surface area (Å²) in [6.45, 7) is -0.314. The first-order valence-corrected chi connectivity index (χ1v) is 11.1. The molecule has 1 unspecified atom stereocenters. The molecule has 8 heteroatoms. The predicted octanol–water partition coefficient (Wildman–Crippen LogP) is 6.21. The summed E-state index contributed by atoms with van der Waals surface area (Å²) in [6.07, 6.45) is 5.85. The minimum absolute atomic E-state index is 0.327. The van der Waals surface area contributed by atoms with Crippen molar-refractivity contribution in [3.63, 3.8) is 0 Å². The third kappa shape index (κ3) is 5.24. The third-order valence-electron chi connectivity index (χ3n) is 3.44. The molecule has 1 aliphatic rings. The van der Waals surface area contributed by atoms with Gasteiger partial charge < -0.3 is 9.05 Å². The van der Waals surface area contributed by atoms with Crippen LogP contribution in [0.3, 0.4) is 0 Å². The highest BCUT2D eigenvalue weighted by Crippen LogP contribution is 2.49. The molecule has 1 aliphatic carbocycles. The second-order valence-electron chi connectivity index (χ2n) is 5.17. The number of halogens is 3. The molecule has 0 radical (unpaired) electrons. The average Bonchev–Trinajstić information content (AvgIpc) is 2.46. The Morgan fingerprint density at radius 1 is 1.14 bits per heavy atom. The van der Waals surface area contributed by atoms with Gasteiger partial charge in [-0.3, -0.25) is 0 Å². The molecule has 0 amide bonds. The Labute approximate surface area is 151 Å². The molecule has 2 rings (SSSR count). The molecule has 1 aromatic carbocycles. The van der Waals surface area contributed by atoms with E-state index >= 15 is 0 Å². The lowest BCUT2D eigenvalue weighted by molar-refractivity contribution is 0.307. The second-order valence-corrected chi connectivity index (χ2v) is 9.52. The van der Waals surface area contributed by atoms with Gasteiger partial charge in [-0.25, -0.2) is 5.09 Å². The molecule has 0 aliphatic heterocycles. The maximum atomic E-state index is 6.17. The normalized spacial score (nSPS) is 18.9. The summed E-state index contributed by atoms with van der Waals surface area (Å²) in [5.41, 5.74) is 0. The van der Waals surface area contributed by atoms with Crippen molar-refractivity contribution in [2.24, 2.45) is 0 Å². The van der Waals surface area contributed by atoms with E-state index in [0.29, 0.717) is 33.5 Å². The van der Waals surface area contributed by atoms with Gasteiger partial charge in [0.15, 0.2) is 0 Å². The summed E-state index contributed by atoms with van der Waals surface area (Å²) in [6, 6.07) is 3.45. The molecule has 124 valence electrons. The van der Waals surface area contributed by atoms with Crippen LogP contribution in [0.15, 0.2) is 12.1 Å². The van der Waals surface area contributed by atoms with E-state index in [-0.39, 0.29) is 0 Å². The highest BCUT2D eigenvalue weighted by atomic mass is 35.5. The highest BCUT2D eigenvalue weighted by molar-refractivity contribution is 8.09. The largest absolute Gasteiger partial charge is 0.431 e. The molecule has 1 aromatic rings. The Morgan fingerprint density at radius 2 is 1.77 bits per heavy atom. The van der Waals surface area contributed by atoms with Crippen LogP contribution >= 0.6 is 41.4 Å². The van der Waals surface area contributed by atoms with Crippen LogP contribution in [0.25, 0.3) is 0 Å². The maximum absolute atomic E-state index is 6.17. The monoisotopic (exact) mass is 401 g/mol. The van der Waals surface area contributed by atoms with Gasteiger partial charge in [0, 0.05) is 12.1 Å². The maximum Gasteiger partial charge on any atom is 0.313 e. The fraction of sp³-hybridized carbons (Fsp3) is 0.571. The summed E-state index contributed by atoms with van der Waals surface area (Å²) in [5, 5.41) is 4.51. The van der Waals surface area contributed by atoms with Crippen LogP contribution in [0.5, 0.6) is 5.75 Å². The molecule has 0 bridgehead atoms.